The van der Waals surface area contributed by atoms with Crippen LogP contribution in [0.1, 0.15) is 0 Å². The molecule has 3 heteroatoms. The number of rotatable bonds is 2. The summed E-state index contributed by atoms with van der Waals surface area (Å²) in [4.78, 5) is 1.94. The van der Waals surface area contributed by atoms with Gasteiger partial charge in [0.25, 0.3) is 0 Å². The number of nitrogens with zero attached hydrogens (tertiary/aromatic N) is 1. The van der Waals surface area contributed by atoms with E-state index in [0.29, 0.717) is 0 Å². The Morgan fingerprint density at radius 2 is 1.92 bits per heavy atom. The van der Waals surface area contributed by atoms with E-state index in [0.717, 1.165) is 11.4 Å². The lowest BCUT2D eigenvalue weighted by Crippen LogP contribution is -2.08. The van der Waals surface area contributed by atoms with E-state index in [9.17, 15) is 5.11 Å². The number of hydrogen-bond donors (Lipinski definition) is 2. The maximum atomic E-state index is 9.31. The first-order chi connectivity index (χ1) is 5.63. The highest BCUT2D eigenvalue weighted by Crippen LogP contribution is 2.24. The van der Waals surface area contributed by atoms with Crippen LogP contribution >= 0.6 is 0 Å². The fourth-order valence-corrected chi connectivity index (χ4v) is 0.998. The maximum absolute atomic E-state index is 9.31. The van der Waals surface area contributed by atoms with Crippen molar-refractivity contribution in [2.45, 2.75) is 0 Å². The molecule has 0 radical (unpaired) electrons. The van der Waals surface area contributed by atoms with Gasteiger partial charge >= 0.3 is 0 Å². The van der Waals surface area contributed by atoms with Gasteiger partial charge in [0.1, 0.15) is 5.75 Å². The fourth-order valence-electron chi connectivity index (χ4n) is 0.998. The van der Waals surface area contributed by atoms with Gasteiger partial charge in [-0.1, -0.05) is 0 Å². The third-order valence-electron chi connectivity index (χ3n) is 1.71. The van der Waals surface area contributed by atoms with Crippen LogP contribution in [0.4, 0.5) is 11.4 Å². The van der Waals surface area contributed by atoms with E-state index in [-0.39, 0.29) is 5.75 Å². The highest BCUT2D eigenvalue weighted by molar-refractivity contribution is 5.61. The lowest BCUT2D eigenvalue weighted by atomic mass is 10.2. The Hall–Kier alpha value is -1.38. The molecular formula is C9H14N2O. The highest BCUT2D eigenvalue weighted by atomic mass is 16.3. The molecule has 12 heavy (non-hydrogen) atoms. The largest absolute Gasteiger partial charge is 0.508 e. The van der Waals surface area contributed by atoms with Gasteiger partial charge in [-0.15, -0.1) is 0 Å². The van der Waals surface area contributed by atoms with Gasteiger partial charge < -0.3 is 15.3 Å². The van der Waals surface area contributed by atoms with Gasteiger partial charge in [-0.3, -0.25) is 0 Å². The van der Waals surface area contributed by atoms with E-state index in [1.54, 1.807) is 12.1 Å². The molecule has 66 valence electrons. The van der Waals surface area contributed by atoms with Crippen LogP contribution < -0.4 is 10.2 Å². The minimum Gasteiger partial charge on any atom is -0.508 e. The summed E-state index contributed by atoms with van der Waals surface area (Å²) in [5.41, 5.74) is 1.90. The molecule has 0 saturated heterocycles. The van der Waals surface area contributed by atoms with Gasteiger partial charge in [0, 0.05) is 44.7 Å². The van der Waals surface area contributed by atoms with Crippen molar-refractivity contribution in [2.75, 3.05) is 31.4 Å². The Morgan fingerprint density at radius 1 is 1.25 bits per heavy atom. The van der Waals surface area contributed by atoms with E-state index < -0.39 is 0 Å². The standard InChI is InChI=1S/C9H14N2O/c1-10-7-4-8(11(2)3)6-9(12)5-7/h4-6,10,12H,1-3H3. The second kappa shape index (κ2) is 3.34. The summed E-state index contributed by atoms with van der Waals surface area (Å²) in [5.74, 6) is 0.283. The van der Waals surface area contributed by atoms with Crippen molar-refractivity contribution in [3.05, 3.63) is 18.2 Å². The van der Waals surface area contributed by atoms with Crippen molar-refractivity contribution in [2.24, 2.45) is 0 Å². The van der Waals surface area contributed by atoms with Crippen LogP contribution in [-0.2, 0) is 0 Å². The second-order valence-electron chi connectivity index (χ2n) is 2.88. The summed E-state index contributed by atoms with van der Waals surface area (Å²) >= 11 is 0. The molecule has 1 rings (SSSR count). The first-order valence-electron chi connectivity index (χ1n) is 3.82. The first kappa shape index (κ1) is 8.71. The zero-order chi connectivity index (χ0) is 9.14. The molecule has 0 aliphatic rings. The van der Waals surface area contributed by atoms with Crippen LogP contribution in [0.25, 0.3) is 0 Å². The Balaban J connectivity index is 3.06. The lowest BCUT2D eigenvalue weighted by Gasteiger charge is -2.14. The summed E-state index contributed by atoms with van der Waals surface area (Å²) in [6.07, 6.45) is 0. The molecule has 0 amide bonds. The van der Waals surface area contributed by atoms with Crippen molar-refractivity contribution in [3.8, 4) is 5.75 Å². The molecule has 1 aromatic carbocycles. The van der Waals surface area contributed by atoms with Gasteiger partial charge in [0.15, 0.2) is 0 Å². The third-order valence-corrected chi connectivity index (χ3v) is 1.71. The van der Waals surface area contributed by atoms with Crippen LogP contribution in [0.2, 0.25) is 0 Å². The normalized spacial score (nSPS) is 9.58. The van der Waals surface area contributed by atoms with Crippen molar-refractivity contribution >= 4 is 11.4 Å². The molecular weight excluding hydrogens is 152 g/mol. The number of aromatic hydroxyl groups is 1. The van der Waals surface area contributed by atoms with Crippen LogP contribution in [0.3, 0.4) is 0 Å². The molecule has 0 saturated carbocycles. The Kier molecular flexibility index (Phi) is 2.43. The third kappa shape index (κ3) is 1.81. The van der Waals surface area contributed by atoms with Crippen molar-refractivity contribution in [1.29, 1.82) is 0 Å². The second-order valence-corrected chi connectivity index (χ2v) is 2.88. The topological polar surface area (TPSA) is 35.5 Å². The SMILES string of the molecule is CNc1cc(O)cc(N(C)C)c1. The predicted molar refractivity (Wildman–Crippen MR) is 52.0 cm³/mol. The lowest BCUT2D eigenvalue weighted by molar-refractivity contribution is 0.475. The summed E-state index contributed by atoms with van der Waals surface area (Å²) in [5, 5.41) is 12.3. The Morgan fingerprint density at radius 3 is 2.42 bits per heavy atom. The van der Waals surface area contributed by atoms with E-state index in [1.165, 1.54) is 0 Å². The van der Waals surface area contributed by atoms with Gasteiger partial charge in [0.2, 0.25) is 0 Å². The molecule has 3 nitrogen and oxygen atoms in total. The number of phenolic OH excluding ortho intramolecular Hbond substituents is 1. The van der Waals surface area contributed by atoms with Crippen LogP contribution in [0, 0.1) is 0 Å². The van der Waals surface area contributed by atoms with E-state index >= 15 is 0 Å². The zero-order valence-electron chi connectivity index (χ0n) is 7.63. The number of hydrogen-bond acceptors (Lipinski definition) is 3. The quantitative estimate of drug-likeness (QED) is 0.699. The van der Waals surface area contributed by atoms with Crippen LogP contribution in [-0.4, -0.2) is 26.2 Å². The summed E-state index contributed by atoms with van der Waals surface area (Å²) in [6, 6.07) is 5.38. The smallest absolute Gasteiger partial charge is 0.119 e. The van der Waals surface area contributed by atoms with Crippen LogP contribution in [0.5, 0.6) is 5.75 Å². The van der Waals surface area contributed by atoms with Crippen LogP contribution in [0.15, 0.2) is 18.2 Å². The van der Waals surface area contributed by atoms with Gasteiger partial charge in [-0.25, -0.2) is 0 Å². The molecule has 0 aromatic heterocycles. The van der Waals surface area contributed by atoms with Gasteiger partial charge in [-0.05, 0) is 6.07 Å². The van der Waals surface area contributed by atoms with E-state index in [1.807, 2.05) is 32.1 Å². The first-order valence-corrected chi connectivity index (χ1v) is 3.82. The molecule has 0 spiro atoms. The fraction of sp³-hybridized carbons (Fsp3) is 0.333. The summed E-state index contributed by atoms with van der Waals surface area (Å²) in [6.45, 7) is 0. The van der Waals surface area contributed by atoms with Gasteiger partial charge in [0.05, 0.1) is 0 Å². The minimum atomic E-state index is 0.283. The molecule has 0 atom stereocenters. The molecule has 0 heterocycles. The van der Waals surface area contributed by atoms with Crippen molar-refractivity contribution in [3.63, 3.8) is 0 Å². The molecule has 0 fully saturated rings. The molecule has 0 aliphatic carbocycles. The zero-order valence-corrected chi connectivity index (χ0v) is 7.63. The molecule has 1 aromatic rings. The number of phenols is 1. The van der Waals surface area contributed by atoms with E-state index in [2.05, 4.69) is 5.32 Å². The molecule has 0 aliphatic heterocycles. The predicted octanol–water partition coefficient (Wildman–Crippen LogP) is 1.50. The summed E-state index contributed by atoms with van der Waals surface area (Å²) < 4.78 is 0. The minimum absolute atomic E-state index is 0.283. The van der Waals surface area contributed by atoms with E-state index in [4.69, 9.17) is 0 Å². The summed E-state index contributed by atoms with van der Waals surface area (Å²) in [7, 11) is 5.70. The average Bonchev–Trinajstić information content (AvgIpc) is 2.03. The Labute approximate surface area is 72.6 Å². The number of anilines is 2. The highest BCUT2D eigenvalue weighted by Gasteiger charge is 1.99. The van der Waals surface area contributed by atoms with Crippen molar-refractivity contribution < 1.29 is 5.11 Å². The maximum Gasteiger partial charge on any atom is 0.119 e. The molecule has 0 bridgehead atoms. The Bertz CT molecular complexity index is 271. The molecule has 0 unspecified atom stereocenters. The molecule has 2 N–H and O–H groups in total. The monoisotopic (exact) mass is 166 g/mol. The number of benzene rings is 1. The average molecular weight is 166 g/mol. The van der Waals surface area contributed by atoms with Gasteiger partial charge in [-0.2, -0.15) is 0 Å². The van der Waals surface area contributed by atoms with Crippen molar-refractivity contribution in [1.82, 2.24) is 0 Å². The number of nitrogens with one attached hydrogen (secondary N) is 1.